The molecule has 0 bridgehead atoms. The molecule has 1 aromatic heterocycles. The van der Waals surface area contributed by atoms with Crippen LogP contribution in [-0.4, -0.2) is 52.2 Å². The molecule has 2 fully saturated rings. The van der Waals surface area contributed by atoms with Crippen molar-refractivity contribution < 1.29 is 32.6 Å². The number of hydrogen-bond acceptors (Lipinski definition) is 6. The number of likely N-dealkylation sites (tertiary alicyclic amines) is 1. The standard InChI is InChI=1S/C27H29F2N3O5/c1-15-2-6-18(28)13-22(15)31-27-30-21-9-5-17(24(29)25(21)37-27)12-23(33)32-11-10-20(14-32)36-19-7-3-16(4-8-19)26(34)35/h2,5-6,9,13,16,19-20H,3-4,7-8,10-12,14H2,1H3,(H,30,31)(H,34,35)/t16?,19?,20-/m1/s1. The van der Waals surface area contributed by atoms with Crippen molar-refractivity contribution in [1.82, 2.24) is 9.88 Å². The van der Waals surface area contributed by atoms with E-state index in [4.69, 9.17) is 14.3 Å². The first-order chi connectivity index (χ1) is 17.8. The molecule has 0 radical (unpaired) electrons. The number of halogens is 2. The van der Waals surface area contributed by atoms with E-state index in [9.17, 15) is 14.0 Å². The summed E-state index contributed by atoms with van der Waals surface area (Å²) in [5.74, 6) is -2.32. The summed E-state index contributed by atoms with van der Waals surface area (Å²) in [4.78, 5) is 30.0. The van der Waals surface area contributed by atoms with Gasteiger partial charge in [0.1, 0.15) is 11.3 Å². The number of hydrogen-bond donors (Lipinski definition) is 2. The molecular formula is C27H29F2N3O5. The van der Waals surface area contributed by atoms with Crippen LogP contribution in [-0.2, 0) is 20.7 Å². The molecule has 0 spiro atoms. The van der Waals surface area contributed by atoms with E-state index in [0.717, 1.165) is 5.56 Å². The Balaban J connectivity index is 1.19. The van der Waals surface area contributed by atoms with E-state index in [1.807, 2.05) is 0 Å². The predicted molar refractivity (Wildman–Crippen MR) is 132 cm³/mol. The van der Waals surface area contributed by atoms with Gasteiger partial charge in [0.25, 0.3) is 6.01 Å². The van der Waals surface area contributed by atoms with Gasteiger partial charge >= 0.3 is 5.97 Å². The van der Waals surface area contributed by atoms with Gasteiger partial charge in [-0.3, -0.25) is 9.59 Å². The number of amides is 1. The maximum atomic E-state index is 15.2. The molecule has 2 aromatic carbocycles. The lowest BCUT2D eigenvalue weighted by atomic mass is 9.87. The van der Waals surface area contributed by atoms with Crippen LogP contribution in [0.4, 0.5) is 20.5 Å². The van der Waals surface area contributed by atoms with Gasteiger partial charge in [-0.1, -0.05) is 12.1 Å². The summed E-state index contributed by atoms with van der Waals surface area (Å²) in [7, 11) is 0. The van der Waals surface area contributed by atoms with Gasteiger partial charge in [0.2, 0.25) is 5.91 Å². The quantitative estimate of drug-likeness (QED) is 0.460. The number of nitrogens with one attached hydrogen (secondary N) is 1. The van der Waals surface area contributed by atoms with Crippen molar-refractivity contribution in [1.29, 1.82) is 0 Å². The van der Waals surface area contributed by atoms with Gasteiger partial charge in [-0.05, 0) is 62.8 Å². The van der Waals surface area contributed by atoms with E-state index >= 15 is 4.39 Å². The lowest BCUT2D eigenvalue weighted by Gasteiger charge is -2.28. The maximum absolute atomic E-state index is 15.2. The van der Waals surface area contributed by atoms with Gasteiger partial charge in [0.05, 0.1) is 24.5 Å². The first-order valence-electron chi connectivity index (χ1n) is 12.5. The fraction of sp³-hybridized carbons (Fsp3) is 0.444. The van der Waals surface area contributed by atoms with Crippen LogP contribution in [0.25, 0.3) is 11.1 Å². The summed E-state index contributed by atoms with van der Waals surface area (Å²) in [6, 6.07) is 7.42. The van der Waals surface area contributed by atoms with Gasteiger partial charge in [-0.25, -0.2) is 8.78 Å². The Hall–Kier alpha value is -3.53. The average molecular weight is 514 g/mol. The van der Waals surface area contributed by atoms with Crippen molar-refractivity contribution >= 4 is 34.7 Å². The van der Waals surface area contributed by atoms with E-state index in [1.165, 1.54) is 18.2 Å². The molecule has 8 nitrogen and oxygen atoms in total. The Morgan fingerprint density at radius 3 is 2.68 bits per heavy atom. The third kappa shape index (κ3) is 5.58. The van der Waals surface area contributed by atoms with E-state index in [1.54, 1.807) is 24.0 Å². The zero-order chi connectivity index (χ0) is 26.1. The van der Waals surface area contributed by atoms with Crippen LogP contribution in [0.3, 0.4) is 0 Å². The van der Waals surface area contributed by atoms with Crippen LogP contribution < -0.4 is 5.32 Å². The second-order valence-corrected chi connectivity index (χ2v) is 9.87. The van der Waals surface area contributed by atoms with Crippen LogP contribution in [0, 0.1) is 24.5 Å². The summed E-state index contributed by atoms with van der Waals surface area (Å²) in [6.45, 7) is 2.76. The first kappa shape index (κ1) is 25.1. The molecule has 3 aromatic rings. The average Bonchev–Trinajstić information content (AvgIpc) is 3.51. The largest absolute Gasteiger partial charge is 0.481 e. The number of benzene rings is 2. The molecule has 0 unspecified atom stereocenters. The van der Waals surface area contributed by atoms with E-state index in [-0.39, 0.29) is 53.1 Å². The number of carboxylic acids is 1. The minimum Gasteiger partial charge on any atom is -0.481 e. The van der Waals surface area contributed by atoms with Crippen LogP contribution in [0.1, 0.15) is 43.2 Å². The number of fused-ring (bicyclic) bond motifs is 1. The number of carbonyl (C=O) groups is 2. The summed E-state index contributed by atoms with van der Waals surface area (Å²) < 4.78 is 40.5. The third-order valence-electron chi connectivity index (χ3n) is 7.27. The number of rotatable bonds is 7. The lowest BCUT2D eigenvalue weighted by Crippen LogP contribution is -2.34. The molecule has 1 aliphatic carbocycles. The predicted octanol–water partition coefficient (Wildman–Crippen LogP) is 4.96. The number of oxazole rings is 1. The number of aliphatic carboxylic acids is 1. The van der Waals surface area contributed by atoms with Crippen molar-refractivity contribution in [3.63, 3.8) is 0 Å². The Bertz CT molecular complexity index is 1320. The highest BCUT2D eigenvalue weighted by atomic mass is 19.1. The molecular weight excluding hydrogens is 484 g/mol. The molecule has 1 aliphatic heterocycles. The zero-order valence-electron chi connectivity index (χ0n) is 20.5. The highest BCUT2D eigenvalue weighted by Crippen LogP contribution is 2.30. The number of ether oxygens (including phenoxy) is 1. The van der Waals surface area contributed by atoms with Crippen LogP contribution >= 0.6 is 0 Å². The third-order valence-corrected chi connectivity index (χ3v) is 7.27. The molecule has 2 N–H and O–H groups in total. The van der Waals surface area contributed by atoms with Crippen molar-refractivity contribution in [2.75, 3.05) is 18.4 Å². The van der Waals surface area contributed by atoms with Crippen LogP contribution in [0.15, 0.2) is 34.7 Å². The number of carboxylic acid groups (broad SMARTS) is 1. The van der Waals surface area contributed by atoms with Gasteiger partial charge in [-0.15, -0.1) is 0 Å². The minimum absolute atomic E-state index is 0.0147. The molecule has 10 heteroatoms. The number of carbonyl (C=O) groups excluding carboxylic acids is 1. The zero-order valence-corrected chi connectivity index (χ0v) is 20.5. The first-order valence-corrected chi connectivity index (χ1v) is 12.5. The highest BCUT2D eigenvalue weighted by Gasteiger charge is 2.32. The van der Waals surface area contributed by atoms with E-state index in [0.29, 0.717) is 50.9 Å². The molecule has 1 atom stereocenters. The molecule has 2 aliphatic rings. The molecule has 2 heterocycles. The number of anilines is 2. The topological polar surface area (TPSA) is 105 Å². The van der Waals surface area contributed by atoms with Gasteiger partial charge in [0.15, 0.2) is 11.4 Å². The summed E-state index contributed by atoms with van der Waals surface area (Å²) >= 11 is 0. The SMILES string of the molecule is Cc1ccc(F)cc1Nc1nc2ccc(CC(=O)N3CC[C@@H](OC4CCC(C(=O)O)CC4)C3)c(F)c2o1. The lowest BCUT2D eigenvalue weighted by molar-refractivity contribution is -0.144. The van der Waals surface area contributed by atoms with E-state index in [2.05, 4.69) is 10.3 Å². The van der Waals surface area contributed by atoms with Crippen molar-refractivity contribution in [2.45, 2.75) is 57.7 Å². The second kappa shape index (κ2) is 10.5. The Labute approximate surface area is 212 Å². The minimum atomic E-state index is -0.749. The van der Waals surface area contributed by atoms with Gasteiger partial charge in [0, 0.05) is 24.3 Å². The summed E-state index contributed by atoms with van der Waals surface area (Å²) in [6.07, 6.45) is 3.12. The molecule has 1 saturated heterocycles. The molecule has 5 rings (SSSR count). The van der Waals surface area contributed by atoms with E-state index < -0.39 is 17.6 Å². The van der Waals surface area contributed by atoms with Crippen LogP contribution in [0.5, 0.6) is 0 Å². The molecule has 196 valence electrons. The maximum Gasteiger partial charge on any atom is 0.306 e. The van der Waals surface area contributed by atoms with Crippen LogP contribution in [0.2, 0.25) is 0 Å². The van der Waals surface area contributed by atoms with Gasteiger partial charge < -0.3 is 24.5 Å². The fourth-order valence-corrected chi connectivity index (χ4v) is 5.09. The Kier molecular flexibility index (Phi) is 7.10. The highest BCUT2D eigenvalue weighted by molar-refractivity contribution is 5.82. The number of aromatic nitrogens is 1. The Morgan fingerprint density at radius 1 is 1.14 bits per heavy atom. The number of nitrogens with zero attached hydrogens (tertiary/aromatic N) is 2. The molecule has 37 heavy (non-hydrogen) atoms. The monoisotopic (exact) mass is 513 g/mol. The Morgan fingerprint density at radius 2 is 1.92 bits per heavy atom. The number of aryl methyl sites for hydroxylation is 1. The van der Waals surface area contributed by atoms with Crippen molar-refractivity contribution in [3.05, 3.63) is 53.1 Å². The van der Waals surface area contributed by atoms with Gasteiger partial charge in [-0.2, -0.15) is 4.98 Å². The summed E-state index contributed by atoms with van der Waals surface area (Å²) in [5.41, 5.74) is 1.66. The van der Waals surface area contributed by atoms with Crippen molar-refractivity contribution in [2.24, 2.45) is 5.92 Å². The molecule has 1 saturated carbocycles. The molecule has 1 amide bonds. The van der Waals surface area contributed by atoms with Crippen molar-refractivity contribution in [3.8, 4) is 0 Å². The second-order valence-electron chi connectivity index (χ2n) is 9.87. The fourth-order valence-electron chi connectivity index (χ4n) is 5.09. The normalized spacial score (nSPS) is 21.9. The summed E-state index contributed by atoms with van der Waals surface area (Å²) in [5, 5.41) is 12.0. The smallest absolute Gasteiger partial charge is 0.306 e.